The number of halogens is 4. The van der Waals surface area contributed by atoms with Crippen molar-refractivity contribution in [2.45, 2.75) is 6.43 Å². The van der Waals surface area contributed by atoms with Crippen molar-refractivity contribution in [3.8, 4) is 0 Å². The molecule has 0 aromatic carbocycles. The highest BCUT2D eigenvalue weighted by atomic mass is 35.5. The molecular formula is C7H4ClF3N2O. The average Bonchev–Trinajstić information content (AvgIpc) is 2.08. The number of nitrogens with zero attached hydrogens (tertiary/aromatic N) is 1. The van der Waals surface area contributed by atoms with E-state index in [0.717, 1.165) is 0 Å². The lowest BCUT2D eigenvalue weighted by Gasteiger charge is -2.04. The summed E-state index contributed by atoms with van der Waals surface area (Å²) in [6, 6.07) is 0.665. The largest absolute Gasteiger partial charge is 0.366 e. The van der Waals surface area contributed by atoms with Gasteiger partial charge in [-0.05, 0) is 6.07 Å². The lowest BCUT2D eigenvalue weighted by Crippen LogP contribution is -2.14. The van der Waals surface area contributed by atoms with Crippen LogP contribution in [0, 0.1) is 5.95 Å². The molecular weight excluding hydrogens is 221 g/mol. The van der Waals surface area contributed by atoms with Gasteiger partial charge in [0.2, 0.25) is 11.9 Å². The highest BCUT2D eigenvalue weighted by Crippen LogP contribution is 2.24. The minimum atomic E-state index is -2.99. The molecule has 0 bridgehead atoms. The SMILES string of the molecule is NC(=O)c1cc(C(F)F)nc(F)c1Cl. The summed E-state index contributed by atoms with van der Waals surface area (Å²) in [6.07, 6.45) is -2.99. The number of alkyl halides is 2. The maximum absolute atomic E-state index is 12.8. The van der Waals surface area contributed by atoms with Gasteiger partial charge in [-0.15, -0.1) is 0 Å². The number of carbonyl (C=O) groups excluding carboxylic acids is 1. The number of pyridine rings is 1. The number of hydrogen-bond donors (Lipinski definition) is 1. The Hall–Kier alpha value is -1.30. The van der Waals surface area contributed by atoms with Crippen LogP contribution in [0.1, 0.15) is 22.5 Å². The Labute approximate surface area is 81.7 Å². The predicted molar refractivity (Wildman–Crippen MR) is 42.7 cm³/mol. The lowest BCUT2D eigenvalue weighted by molar-refractivity contribution is 0.0999. The molecule has 1 amide bonds. The van der Waals surface area contributed by atoms with Crippen LogP contribution >= 0.6 is 11.6 Å². The second kappa shape index (κ2) is 3.83. The summed E-state index contributed by atoms with van der Waals surface area (Å²) < 4.78 is 37.0. The summed E-state index contributed by atoms with van der Waals surface area (Å²) in [7, 11) is 0. The number of aromatic nitrogens is 1. The molecule has 2 N–H and O–H groups in total. The molecule has 3 nitrogen and oxygen atoms in total. The van der Waals surface area contributed by atoms with Crippen LogP contribution in [0.5, 0.6) is 0 Å². The maximum Gasteiger partial charge on any atom is 0.280 e. The van der Waals surface area contributed by atoms with Crippen LogP contribution in [0.2, 0.25) is 5.02 Å². The van der Waals surface area contributed by atoms with Crippen LogP contribution in [-0.4, -0.2) is 10.9 Å². The number of rotatable bonds is 2. The summed E-state index contributed by atoms with van der Waals surface area (Å²) in [5, 5.41) is -0.651. The fourth-order valence-corrected chi connectivity index (χ4v) is 0.998. The summed E-state index contributed by atoms with van der Waals surface area (Å²) in [4.78, 5) is 13.5. The Morgan fingerprint density at radius 2 is 2.14 bits per heavy atom. The monoisotopic (exact) mass is 224 g/mol. The number of hydrogen-bond acceptors (Lipinski definition) is 2. The number of amides is 1. The van der Waals surface area contributed by atoms with Crippen molar-refractivity contribution in [2.24, 2.45) is 5.73 Å². The average molecular weight is 225 g/mol. The molecule has 0 fully saturated rings. The fourth-order valence-electron chi connectivity index (χ4n) is 0.808. The molecule has 1 rings (SSSR count). The van der Waals surface area contributed by atoms with E-state index in [4.69, 9.17) is 17.3 Å². The van der Waals surface area contributed by atoms with Crippen molar-refractivity contribution in [1.82, 2.24) is 4.98 Å². The molecule has 1 heterocycles. The van der Waals surface area contributed by atoms with Gasteiger partial charge in [0, 0.05) is 0 Å². The van der Waals surface area contributed by atoms with Gasteiger partial charge in [0.05, 0.1) is 5.56 Å². The van der Waals surface area contributed by atoms with E-state index in [-0.39, 0.29) is 0 Å². The number of carbonyl (C=O) groups is 1. The van der Waals surface area contributed by atoms with Crippen molar-refractivity contribution in [3.05, 3.63) is 28.3 Å². The topological polar surface area (TPSA) is 56.0 Å². The van der Waals surface area contributed by atoms with Gasteiger partial charge in [-0.25, -0.2) is 13.8 Å². The Morgan fingerprint density at radius 1 is 1.57 bits per heavy atom. The smallest absolute Gasteiger partial charge is 0.280 e. The van der Waals surface area contributed by atoms with E-state index in [9.17, 15) is 18.0 Å². The van der Waals surface area contributed by atoms with Gasteiger partial charge in [0.1, 0.15) is 10.7 Å². The third kappa shape index (κ3) is 1.95. The summed E-state index contributed by atoms with van der Waals surface area (Å²) in [5.41, 5.74) is 3.41. The molecule has 0 unspecified atom stereocenters. The molecule has 0 radical (unpaired) electrons. The molecule has 14 heavy (non-hydrogen) atoms. The number of nitrogens with two attached hydrogens (primary N) is 1. The van der Waals surface area contributed by atoms with Gasteiger partial charge >= 0.3 is 0 Å². The highest BCUT2D eigenvalue weighted by Gasteiger charge is 2.18. The van der Waals surface area contributed by atoms with Gasteiger partial charge in [0.15, 0.2) is 0 Å². The van der Waals surface area contributed by atoms with E-state index < -0.39 is 34.6 Å². The van der Waals surface area contributed by atoms with Gasteiger partial charge in [-0.3, -0.25) is 4.79 Å². The zero-order valence-corrected chi connectivity index (χ0v) is 7.36. The molecule has 0 saturated heterocycles. The molecule has 0 aliphatic carbocycles. The molecule has 0 aliphatic heterocycles. The fraction of sp³-hybridized carbons (Fsp3) is 0.143. The molecule has 0 spiro atoms. The van der Waals surface area contributed by atoms with Gasteiger partial charge in [-0.1, -0.05) is 11.6 Å². The Bertz CT molecular complexity index is 383. The molecule has 0 aliphatic rings. The third-order valence-electron chi connectivity index (χ3n) is 1.43. The Balaban J connectivity index is 3.35. The first-order chi connectivity index (χ1) is 6.43. The highest BCUT2D eigenvalue weighted by molar-refractivity contribution is 6.33. The van der Waals surface area contributed by atoms with E-state index in [1.54, 1.807) is 0 Å². The minimum Gasteiger partial charge on any atom is -0.366 e. The Kier molecular flexibility index (Phi) is 2.95. The van der Waals surface area contributed by atoms with Gasteiger partial charge in [0.25, 0.3) is 6.43 Å². The van der Waals surface area contributed by atoms with Crippen LogP contribution in [0.25, 0.3) is 0 Å². The van der Waals surface area contributed by atoms with E-state index in [1.165, 1.54) is 0 Å². The van der Waals surface area contributed by atoms with Crippen LogP contribution in [0.15, 0.2) is 6.07 Å². The molecule has 1 aromatic rings. The van der Waals surface area contributed by atoms with Crippen molar-refractivity contribution >= 4 is 17.5 Å². The zero-order chi connectivity index (χ0) is 10.9. The first-order valence-corrected chi connectivity index (χ1v) is 3.75. The van der Waals surface area contributed by atoms with Crippen molar-refractivity contribution in [2.75, 3.05) is 0 Å². The molecule has 76 valence electrons. The summed E-state index contributed by atoms with van der Waals surface area (Å²) >= 11 is 5.28. The van der Waals surface area contributed by atoms with Gasteiger partial charge < -0.3 is 5.73 Å². The standard InChI is InChI=1S/C7H4ClF3N2O/c8-4-2(7(12)14)1-3(5(9)10)13-6(4)11/h1,5H,(H2,12,14). The van der Waals surface area contributed by atoms with Crippen LogP contribution < -0.4 is 5.73 Å². The summed E-state index contributed by atoms with van der Waals surface area (Å²) in [5.74, 6) is -2.42. The lowest BCUT2D eigenvalue weighted by atomic mass is 10.2. The molecule has 7 heteroatoms. The van der Waals surface area contributed by atoms with E-state index in [1.807, 2.05) is 0 Å². The second-order valence-electron chi connectivity index (χ2n) is 2.36. The second-order valence-corrected chi connectivity index (χ2v) is 2.74. The van der Waals surface area contributed by atoms with Crippen molar-refractivity contribution < 1.29 is 18.0 Å². The first-order valence-electron chi connectivity index (χ1n) is 3.37. The van der Waals surface area contributed by atoms with Crippen LogP contribution in [-0.2, 0) is 0 Å². The van der Waals surface area contributed by atoms with Crippen molar-refractivity contribution in [3.63, 3.8) is 0 Å². The normalized spacial score (nSPS) is 10.6. The maximum atomic E-state index is 12.8. The minimum absolute atomic E-state index is 0.505. The molecule has 1 aromatic heterocycles. The third-order valence-corrected chi connectivity index (χ3v) is 1.79. The van der Waals surface area contributed by atoms with Crippen LogP contribution in [0.4, 0.5) is 13.2 Å². The quantitative estimate of drug-likeness (QED) is 0.780. The summed E-state index contributed by atoms with van der Waals surface area (Å²) in [6.45, 7) is 0. The van der Waals surface area contributed by atoms with E-state index >= 15 is 0 Å². The number of primary amides is 1. The van der Waals surface area contributed by atoms with E-state index in [2.05, 4.69) is 4.98 Å². The van der Waals surface area contributed by atoms with Gasteiger partial charge in [-0.2, -0.15) is 4.39 Å². The molecule has 0 saturated carbocycles. The zero-order valence-electron chi connectivity index (χ0n) is 6.60. The Morgan fingerprint density at radius 3 is 2.57 bits per heavy atom. The predicted octanol–water partition coefficient (Wildman–Crippen LogP) is 1.91. The van der Waals surface area contributed by atoms with Crippen LogP contribution in [0.3, 0.4) is 0 Å². The first kappa shape index (κ1) is 10.8. The van der Waals surface area contributed by atoms with E-state index in [0.29, 0.717) is 6.07 Å². The molecule has 0 atom stereocenters. The van der Waals surface area contributed by atoms with Crippen molar-refractivity contribution in [1.29, 1.82) is 0 Å².